The van der Waals surface area contributed by atoms with Gasteiger partial charge >= 0.3 is 6.09 Å². The first-order chi connectivity index (χ1) is 21.1. The molecule has 6 rings (SSSR count). The third-order valence-corrected chi connectivity index (χ3v) is 7.19. The molecule has 2 heterocycles. The van der Waals surface area contributed by atoms with Crippen LogP contribution in [0.4, 0.5) is 4.79 Å². The zero-order valence-electron chi connectivity index (χ0n) is 23.9. The van der Waals surface area contributed by atoms with Gasteiger partial charge in [-0.3, -0.25) is 0 Å². The summed E-state index contributed by atoms with van der Waals surface area (Å²) in [6.07, 6.45) is 2.12. The quantitative estimate of drug-likeness (QED) is 0.169. The maximum Gasteiger partial charge on any atom is 0.413 e. The second-order valence-electron chi connectivity index (χ2n) is 10.1. The first kappa shape index (κ1) is 27.8. The number of aryl methyl sites for hydroxylation is 1. The monoisotopic (exact) mass is 577 g/mol. The van der Waals surface area contributed by atoms with E-state index in [0.29, 0.717) is 41.6 Å². The van der Waals surface area contributed by atoms with E-state index in [0.717, 1.165) is 51.4 Å². The van der Waals surface area contributed by atoms with Crippen molar-refractivity contribution < 1.29 is 23.4 Å². The lowest BCUT2D eigenvalue weighted by Gasteiger charge is -2.15. The van der Waals surface area contributed by atoms with E-state index in [-0.39, 0.29) is 6.61 Å². The number of hydrogen-bond donors (Lipinski definition) is 2. The molecule has 10 heteroatoms. The van der Waals surface area contributed by atoms with Crippen molar-refractivity contribution in [2.24, 2.45) is 0 Å². The van der Waals surface area contributed by atoms with Crippen LogP contribution in [0.3, 0.4) is 0 Å². The van der Waals surface area contributed by atoms with Gasteiger partial charge in [-0.2, -0.15) is 0 Å². The van der Waals surface area contributed by atoms with Crippen molar-refractivity contribution in [1.29, 1.82) is 0 Å². The van der Waals surface area contributed by atoms with Crippen LogP contribution >= 0.6 is 0 Å². The molecule has 0 saturated carbocycles. The number of para-hydroxylation sites is 1. The van der Waals surface area contributed by atoms with Crippen molar-refractivity contribution in [3.05, 3.63) is 96.0 Å². The fraction of sp³-hybridized carbons (Fsp3) is 0.212. The molecule has 1 amide bonds. The van der Waals surface area contributed by atoms with Crippen LogP contribution in [0.2, 0.25) is 0 Å². The molecule has 0 spiro atoms. The standard InChI is InChI=1S/C33H31N5O5/c1-3-4-8-29-32(26-7-5-6-9-27(26)42-29)43-33(39)34-19-21-10-16-25-23(18-21)13-17-28(41-20-30-35-37-38-36-30)31(25)22-11-14-24(40-2)15-12-22/h5-7,9-18H,3-4,8,19-20H2,1-2H3,(H,34,39)(H,35,36,37,38). The van der Waals surface area contributed by atoms with Crippen molar-refractivity contribution in [3.63, 3.8) is 0 Å². The van der Waals surface area contributed by atoms with Crippen LogP contribution in [-0.4, -0.2) is 33.8 Å². The number of ether oxygens (including phenoxy) is 3. The molecule has 43 heavy (non-hydrogen) atoms. The van der Waals surface area contributed by atoms with E-state index in [9.17, 15) is 4.79 Å². The molecule has 6 aromatic rings. The number of carbonyl (C=O) groups excluding carboxylic acids is 1. The van der Waals surface area contributed by atoms with E-state index in [4.69, 9.17) is 18.6 Å². The van der Waals surface area contributed by atoms with Gasteiger partial charge in [0.05, 0.1) is 12.5 Å². The van der Waals surface area contributed by atoms with E-state index in [2.05, 4.69) is 32.9 Å². The number of tetrazole rings is 1. The summed E-state index contributed by atoms with van der Waals surface area (Å²) in [5, 5.41) is 19.5. The minimum atomic E-state index is -0.533. The fourth-order valence-electron chi connectivity index (χ4n) is 5.02. The van der Waals surface area contributed by atoms with Gasteiger partial charge in [-0.15, -0.1) is 5.10 Å². The highest BCUT2D eigenvalue weighted by molar-refractivity contribution is 6.00. The Balaban J connectivity index is 1.23. The number of amides is 1. The molecular formula is C33H31N5O5. The van der Waals surface area contributed by atoms with Gasteiger partial charge in [0.1, 0.15) is 29.4 Å². The van der Waals surface area contributed by atoms with E-state index in [1.165, 1.54) is 0 Å². The van der Waals surface area contributed by atoms with Crippen molar-refractivity contribution in [2.75, 3.05) is 7.11 Å². The van der Waals surface area contributed by atoms with Crippen molar-refractivity contribution in [2.45, 2.75) is 39.3 Å². The SMILES string of the molecule is CCCCc1oc2ccccc2c1OC(=O)NCc1ccc2c(-c3ccc(OC)cc3)c(OCc3nnn[nH]3)ccc2c1. The number of aromatic nitrogens is 4. The van der Waals surface area contributed by atoms with Gasteiger partial charge in [-0.1, -0.05) is 55.8 Å². The Bertz CT molecular complexity index is 1850. The van der Waals surface area contributed by atoms with Crippen LogP contribution in [0.25, 0.3) is 32.9 Å². The molecule has 0 fully saturated rings. The lowest BCUT2D eigenvalue weighted by Crippen LogP contribution is -2.26. The van der Waals surface area contributed by atoms with Crippen LogP contribution in [0.1, 0.15) is 36.9 Å². The van der Waals surface area contributed by atoms with Crippen molar-refractivity contribution >= 4 is 27.8 Å². The van der Waals surface area contributed by atoms with E-state index in [1.807, 2.05) is 78.9 Å². The van der Waals surface area contributed by atoms with Gasteiger partial charge in [0.15, 0.2) is 11.6 Å². The molecule has 0 atom stereocenters. The number of aromatic amines is 1. The van der Waals surface area contributed by atoms with Gasteiger partial charge in [0.25, 0.3) is 0 Å². The zero-order chi connectivity index (χ0) is 29.6. The third kappa shape index (κ3) is 6.13. The number of hydrogen-bond acceptors (Lipinski definition) is 8. The zero-order valence-corrected chi connectivity index (χ0v) is 23.9. The molecule has 218 valence electrons. The number of benzene rings is 4. The summed E-state index contributed by atoms with van der Waals surface area (Å²) in [6, 6.07) is 25.4. The minimum Gasteiger partial charge on any atom is -0.497 e. The molecule has 2 N–H and O–H groups in total. The molecule has 0 radical (unpaired) electrons. The first-order valence-electron chi connectivity index (χ1n) is 14.1. The number of H-pyrrole nitrogens is 1. The molecule has 0 aliphatic heterocycles. The van der Waals surface area contributed by atoms with Gasteiger partial charge in [0.2, 0.25) is 0 Å². The smallest absolute Gasteiger partial charge is 0.413 e. The number of rotatable bonds is 11. The lowest BCUT2D eigenvalue weighted by atomic mass is 9.96. The van der Waals surface area contributed by atoms with Gasteiger partial charge in [-0.05, 0) is 75.1 Å². The molecular weight excluding hydrogens is 546 g/mol. The first-order valence-corrected chi connectivity index (χ1v) is 14.1. The Hall–Kier alpha value is -5.38. The number of carbonyl (C=O) groups is 1. The van der Waals surface area contributed by atoms with Crippen LogP contribution in [0, 0.1) is 0 Å². The maximum absolute atomic E-state index is 12.9. The molecule has 2 aromatic heterocycles. The van der Waals surface area contributed by atoms with E-state index < -0.39 is 6.09 Å². The van der Waals surface area contributed by atoms with Crippen LogP contribution < -0.4 is 19.5 Å². The summed E-state index contributed by atoms with van der Waals surface area (Å²) >= 11 is 0. The van der Waals surface area contributed by atoms with Crippen molar-refractivity contribution in [1.82, 2.24) is 25.9 Å². The maximum atomic E-state index is 12.9. The number of methoxy groups -OCH3 is 1. The summed E-state index contributed by atoms with van der Waals surface area (Å²) < 4.78 is 23.3. The second kappa shape index (κ2) is 12.6. The van der Waals surface area contributed by atoms with Crippen LogP contribution in [-0.2, 0) is 19.6 Å². The highest BCUT2D eigenvalue weighted by Gasteiger charge is 2.19. The lowest BCUT2D eigenvalue weighted by molar-refractivity contribution is 0.199. The Morgan fingerprint density at radius 3 is 2.65 bits per heavy atom. The largest absolute Gasteiger partial charge is 0.497 e. The molecule has 0 unspecified atom stereocenters. The molecule has 0 bridgehead atoms. The second-order valence-corrected chi connectivity index (χ2v) is 10.1. The predicted molar refractivity (Wildman–Crippen MR) is 162 cm³/mol. The van der Waals surface area contributed by atoms with Gasteiger partial charge in [-0.25, -0.2) is 9.89 Å². The summed E-state index contributed by atoms with van der Waals surface area (Å²) in [7, 11) is 1.64. The number of furan rings is 1. The molecule has 10 nitrogen and oxygen atoms in total. The van der Waals surface area contributed by atoms with Crippen LogP contribution in [0.5, 0.6) is 17.2 Å². The highest BCUT2D eigenvalue weighted by atomic mass is 16.6. The molecule has 4 aromatic carbocycles. The Morgan fingerprint density at radius 2 is 1.86 bits per heavy atom. The summed E-state index contributed by atoms with van der Waals surface area (Å²) in [5.74, 6) is 3.15. The average molecular weight is 578 g/mol. The van der Waals surface area contributed by atoms with Gasteiger partial charge < -0.3 is 23.9 Å². The Kier molecular flexibility index (Phi) is 8.17. The minimum absolute atomic E-state index is 0.192. The third-order valence-electron chi connectivity index (χ3n) is 7.19. The highest BCUT2D eigenvalue weighted by Crippen LogP contribution is 2.39. The fourth-order valence-corrected chi connectivity index (χ4v) is 5.02. The predicted octanol–water partition coefficient (Wildman–Crippen LogP) is 6.98. The van der Waals surface area contributed by atoms with Crippen LogP contribution in [0.15, 0.2) is 83.3 Å². The van der Waals surface area contributed by atoms with Gasteiger partial charge in [0, 0.05) is 18.5 Å². The number of nitrogens with one attached hydrogen (secondary N) is 2. The summed E-state index contributed by atoms with van der Waals surface area (Å²) in [6.45, 7) is 2.60. The molecule has 0 aliphatic carbocycles. The molecule has 0 aliphatic rings. The average Bonchev–Trinajstić information content (AvgIpc) is 3.69. The van der Waals surface area contributed by atoms with Crippen molar-refractivity contribution in [3.8, 4) is 28.4 Å². The summed E-state index contributed by atoms with van der Waals surface area (Å²) in [5.41, 5.74) is 3.53. The number of unbranched alkanes of at least 4 members (excludes halogenated alkanes) is 1. The summed E-state index contributed by atoms with van der Waals surface area (Å²) in [4.78, 5) is 12.9. The normalized spacial score (nSPS) is 11.1. The van der Waals surface area contributed by atoms with E-state index >= 15 is 0 Å². The number of nitrogens with zero attached hydrogens (tertiary/aromatic N) is 3. The molecule has 0 saturated heterocycles. The number of fused-ring (bicyclic) bond motifs is 2. The topological polar surface area (TPSA) is 124 Å². The Morgan fingerprint density at radius 1 is 1.00 bits per heavy atom. The van der Waals surface area contributed by atoms with E-state index in [1.54, 1.807) is 7.11 Å². The Labute approximate surface area is 248 Å².